The molecule has 0 fully saturated rings. The average Bonchev–Trinajstić information content (AvgIpc) is 2.75. The molecule has 1 aromatic carbocycles. The second-order valence-electron chi connectivity index (χ2n) is 3.44. The highest BCUT2D eigenvalue weighted by atomic mass is 35.5. The van der Waals surface area contributed by atoms with Gasteiger partial charge in [0.2, 0.25) is 0 Å². The van der Waals surface area contributed by atoms with Crippen LogP contribution in [0.3, 0.4) is 0 Å². The first-order chi connectivity index (χ1) is 8.40. The number of rotatable bonds is 3. The number of halogens is 3. The van der Waals surface area contributed by atoms with Gasteiger partial charge in [-0.1, -0.05) is 11.6 Å². The Hall–Kier alpha value is -1.05. The van der Waals surface area contributed by atoms with Crippen LogP contribution in [0.15, 0.2) is 27.9 Å². The molecular formula is C10H6ClF2NO2S2. The van der Waals surface area contributed by atoms with Gasteiger partial charge in [-0.25, -0.2) is 22.2 Å². The lowest BCUT2D eigenvalue weighted by Gasteiger charge is -2.05. The summed E-state index contributed by atoms with van der Waals surface area (Å²) in [4.78, 5) is 3.18. The number of thiazole rings is 1. The highest BCUT2D eigenvalue weighted by Gasteiger charge is 2.22. The number of aromatic nitrogens is 1. The number of sulfone groups is 1. The molecular weight excluding hydrogens is 304 g/mol. The van der Waals surface area contributed by atoms with E-state index in [1.54, 1.807) is 5.38 Å². The molecule has 3 nitrogen and oxygen atoms in total. The molecule has 1 heterocycles. The van der Waals surface area contributed by atoms with E-state index in [4.69, 9.17) is 11.6 Å². The van der Waals surface area contributed by atoms with E-state index in [-0.39, 0.29) is 0 Å². The number of hydrogen-bond donors (Lipinski definition) is 0. The molecule has 8 heteroatoms. The molecule has 0 amide bonds. The summed E-state index contributed by atoms with van der Waals surface area (Å²) in [6.07, 6.45) is 0. The van der Waals surface area contributed by atoms with Crippen molar-refractivity contribution < 1.29 is 17.2 Å². The Morgan fingerprint density at radius 1 is 1.28 bits per heavy atom. The molecule has 0 spiro atoms. The van der Waals surface area contributed by atoms with Crippen LogP contribution in [0.25, 0.3) is 0 Å². The average molecular weight is 310 g/mol. The molecule has 0 atom stereocenters. The zero-order valence-corrected chi connectivity index (χ0v) is 11.1. The lowest BCUT2D eigenvalue weighted by Crippen LogP contribution is -2.08. The zero-order valence-electron chi connectivity index (χ0n) is 8.73. The Morgan fingerprint density at radius 3 is 2.61 bits per heavy atom. The van der Waals surface area contributed by atoms with E-state index in [0.717, 1.165) is 6.07 Å². The molecule has 0 aliphatic carbocycles. The van der Waals surface area contributed by atoms with E-state index >= 15 is 0 Å². The molecule has 2 aromatic rings. The summed E-state index contributed by atoms with van der Waals surface area (Å²) in [7, 11) is -3.94. The summed E-state index contributed by atoms with van der Waals surface area (Å²) in [6.45, 7) is 0. The van der Waals surface area contributed by atoms with E-state index in [1.807, 2.05) is 0 Å². The van der Waals surface area contributed by atoms with E-state index in [0.29, 0.717) is 11.8 Å². The van der Waals surface area contributed by atoms with Gasteiger partial charge in [-0.3, -0.25) is 0 Å². The third-order valence-electron chi connectivity index (χ3n) is 2.13. The van der Waals surface area contributed by atoms with Crippen LogP contribution in [-0.2, 0) is 15.6 Å². The van der Waals surface area contributed by atoms with Crippen LogP contribution >= 0.6 is 22.9 Å². The fourth-order valence-electron chi connectivity index (χ4n) is 1.32. The van der Waals surface area contributed by atoms with Gasteiger partial charge < -0.3 is 0 Å². The summed E-state index contributed by atoms with van der Waals surface area (Å²) >= 11 is 6.68. The molecule has 0 aliphatic rings. The van der Waals surface area contributed by atoms with Gasteiger partial charge in [0.1, 0.15) is 16.5 Å². The third-order valence-corrected chi connectivity index (χ3v) is 4.71. The molecule has 0 bridgehead atoms. The quantitative estimate of drug-likeness (QED) is 0.646. The first-order valence-corrected chi connectivity index (χ1v) is 7.62. The van der Waals surface area contributed by atoms with E-state index < -0.39 is 37.1 Å². The first kappa shape index (κ1) is 13.4. The standard InChI is InChI=1S/C10H6ClF2NO2S2/c11-7-1-10(9(13)2-8(7)12)18(15,16)4-6-3-17-5-14-6/h1-3,5H,4H2. The predicted octanol–water partition coefficient (Wildman–Crippen LogP) is 3.05. The lowest BCUT2D eigenvalue weighted by molar-refractivity contribution is 0.549. The van der Waals surface area contributed by atoms with Crippen molar-refractivity contribution in [3.05, 3.63) is 45.4 Å². The molecule has 96 valence electrons. The second kappa shape index (κ2) is 4.91. The Labute approximate surface area is 111 Å². The summed E-state index contributed by atoms with van der Waals surface area (Å²) in [5.41, 5.74) is 1.78. The van der Waals surface area contributed by atoms with Gasteiger partial charge in [-0.15, -0.1) is 11.3 Å². The zero-order chi connectivity index (χ0) is 13.3. The topological polar surface area (TPSA) is 47.0 Å². The smallest absolute Gasteiger partial charge is 0.187 e. The summed E-state index contributed by atoms with van der Waals surface area (Å²) in [6, 6.07) is 1.23. The highest BCUT2D eigenvalue weighted by Crippen LogP contribution is 2.25. The van der Waals surface area contributed by atoms with Crippen LogP contribution in [0.4, 0.5) is 8.78 Å². The van der Waals surface area contributed by atoms with Crippen LogP contribution in [-0.4, -0.2) is 13.4 Å². The Balaban J connectivity index is 2.44. The van der Waals surface area contributed by atoms with Crippen LogP contribution < -0.4 is 0 Å². The van der Waals surface area contributed by atoms with Crippen molar-refractivity contribution in [2.24, 2.45) is 0 Å². The molecule has 0 N–H and O–H groups in total. The van der Waals surface area contributed by atoms with Crippen molar-refractivity contribution in [3.8, 4) is 0 Å². The van der Waals surface area contributed by atoms with E-state index in [2.05, 4.69) is 4.98 Å². The SMILES string of the molecule is O=S(=O)(Cc1cscn1)c1cc(Cl)c(F)cc1F. The van der Waals surface area contributed by atoms with Crippen molar-refractivity contribution in [2.45, 2.75) is 10.6 Å². The molecule has 1 aromatic heterocycles. The molecule has 2 rings (SSSR count). The van der Waals surface area contributed by atoms with Crippen LogP contribution in [0.1, 0.15) is 5.69 Å². The molecule has 0 saturated carbocycles. The van der Waals surface area contributed by atoms with Crippen molar-refractivity contribution in [3.63, 3.8) is 0 Å². The van der Waals surface area contributed by atoms with Crippen molar-refractivity contribution in [1.82, 2.24) is 4.98 Å². The minimum Gasteiger partial charge on any atom is -0.249 e. The van der Waals surface area contributed by atoms with Crippen molar-refractivity contribution in [2.75, 3.05) is 0 Å². The fourth-order valence-corrected chi connectivity index (χ4v) is 3.57. The Bertz CT molecular complexity index is 671. The molecule has 0 radical (unpaired) electrons. The van der Waals surface area contributed by atoms with Crippen LogP contribution in [0, 0.1) is 11.6 Å². The number of hydrogen-bond acceptors (Lipinski definition) is 4. The number of nitrogens with zero attached hydrogens (tertiary/aromatic N) is 1. The third kappa shape index (κ3) is 2.68. The maximum absolute atomic E-state index is 13.5. The van der Waals surface area contributed by atoms with E-state index in [9.17, 15) is 17.2 Å². The fraction of sp³-hybridized carbons (Fsp3) is 0.100. The molecule has 0 unspecified atom stereocenters. The van der Waals surface area contributed by atoms with Gasteiger partial charge in [-0.05, 0) is 6.07 Å². The van der Waals surface area contributed by atoms with Gasteiger partial charge in [0.05, 0.1) is 22.0 Å². The maximum Gasteiger partial charge on any atom is 0.187 e. The summed E-state index contributed by atoms with van der Waals surface area (Å²) < 4.78 is 50.3. The van der Waals surface area contributed by atoms with Gasteiger partial charge in [-0.2, -0.15) is 0 Å². The normalized spacial score (nSPS) is 11.7. The molecule has 0 saturated heterocycles. The minimum atomic E-state index is -3.94. The first-order valence-electron chi connectivity index (χ1n) is 4.64. The van der Waals surface area contributed by atoms with Gasteiger partial charge in [0.15, 0.2) is 9.84 Å². The second-order valence-corrected chi connectivity index (χ2v) is 6.52. The van der Waals surface area contributed by atoms with Crippen molar-refractivity contribution >= 4 is 32.8 Å². The summed E-state index contributed by atoms with van der Waals surface area (Å²) in [5.74, 6) is -2.61. The highest BCUT2D eigenvalue weighted by molar-refractivity contribution is 7.90. The monoisotopic (exact) mass is 309 g/mol. The predicted molar refractivity (Wildman–Crippen MR) is 64.4 cm³/mol. The number of benzene rings is 1. The lowest BCUT2D eigenvalue weighted by atomic mass is 10.3. The van der Waals surface area contributed by atoms with Crippen LogP contribution in [0.5, 0.6) is 0 Å². The molecule has 18 heavy (non-hydrogen) atoms. The van der Waals surface area contributed by atoms with Gasteiger partial charge in [0, 0.05) is 11.4 Å². The Kier molecular flexibility index (Phi) is 3.65. The van der Waals surface area contributed by atoms with Gasteiger partial charge in [0.25, 0.3) is 0 Å². The largest absolute Gasteiger partial charge is 0.249 e. The summed E-state index contributed by atoms with van der Waals surface area (Å²) in [5, 5.41) is 1.11. The maximum atomic E-state index is 13.5. The van der Waals surface area contributed by atoms with Gasteiger partial charge >= 0.3 is 0 Å². The van der Waals surface area contributed by atoms with Crippen LogP contribution in [0.2, 0.25) is 5.02 Å². The minimum absolute atomic E-state index is 0.305. The van der Waals surface area contributed by atoms with Crippen molar-refractivity contribution in [1.29, 1.82) is 0 Å². The molecule has 0 aliphatic heterocycles. The Morgan fingerprint density at radius 2 is 2.00 bits per heavy atom. The van der Waals surface area contributed by atoms with E-state index in [1.165, 1.54) is 16.8 Å².